The quantitative estimate of drug-likeness (QED) is 0.527. The highest BCUT2D eigenvalue weighted by Gasteiger charge is 2.28. The van der Waals surface area contributed by atoms with Crippen LogP contribution < -0.4 is 0 Å². The van der Waals surface area contributed by atoms with E-state index in [0.717, 1.165) is 18.7 Å². The van der Waals surface area contributed by atoms with Crippen molar-refractivity contribution in [1.82, 2.24) is 9.80 Å². The first-order chi connectivity index (χ1) is 14.6. The van der Waals surface area contributed by atoms with Crippen LogP contribution in [-0.4, -0.2) is 41.9 Å². The van der Waals surface area contributed by atoms with Gasteiger partial charge < -0.3 is 4.90 Å². The van der Waals surface area contributed by atoms with Crippen molar-refractivity contribution in [2.24, 2.45) is 0 Å². The standard InChI is InChI=1S/C25H24Cl2N2O/c26-22-12-11-21(23(27)18-22)17-24(30)28-13-15-29(16-14-28)25(19-7-3-1-4-8-19)20-9-5-2-6-10-20/h1-12,18,25H,13-17H2. The van der Waals surface area contributed by atoms with Gasteiger partial charge in [0.2, 0.25) is 5.91 Å². The molecule has 0 atom stereocenters. The summed E-state index contributed by atoms with van der Waals surface area (Å²) in [6.07, 6.45) is 0.302. The van der Waals surface area contributed by atoms with Gasteiger partial charge in [-0.1, -0.05) is 89.9 Å². The molecule has 1 aliphatic heterocycles. The second kappa shape index (κ2) is 9.65. The Morgan fingerprint density at radius 1 is 0.800 bits per heavy atom. The molecule has 1 heterocycles. The molecule has 30 heavy (non-hydrogen) atoms. The SMILES string of the molecule is O=C(Cc1ccc(Cl)cc1Cl)N1CCN(C(c2ccccc2)c2ccccc2)CC1. The summed E-state index contributed by atoms with van der Waals surface area (Å²) in [7, 11) is 0. The summed E-state index contributed by atoms with van der Waals surface area (Å²) in [5.41, 5.74) is 3.37. The number of benzene rings is 3. The lowest BCUT2D eigenvalue weighted by molar-refractivity contribution is -0.132. The molecule has 1 saturated heterocycles. The first-order valence-corrected chi connectivity index (χ1v) is 10.9. The van der Waals surface area contributed by atoms with Crippen molar-refractivity contribution in [1.29, 1.82) is 0 Å². The van der Waals surface area contributed by atoms with E-state index in [-0.39, 0.29) is 11.9 Å². The minimum Gasteiger partial charge on any atom is -0.340 e. The van der Waals surface area contributed by atoms with Gasteiger partial charge in [-0.2, -0.15) is 0 Å². The number of hydrogen-bond donors (Lipinski definition) is 0. The fourth-order valence-corrected chi connectivity index (χ4v) is 4.53. The molecule has 1 fully saturated rings. The molecule has 3 nitrogen and oxygen atoms in total. The third kappa shape index (κ3) is 4.86. The molecule has 0 unspecified atom stereocenters. The van der Waals surface area contributed by atoms with Crippen molar-refractivity contribution in [3.05, 3.63) is 106 Å². The molecular formula is C25H24Cl2N2O. The summed E-state index contributed by atoms with van der Waals surface area (Å²) in [6.45, 7) is 3.07. The average molecular weight is 439 g/mol. The van der Waals surface area contributed by atoms with Crippen LogP contribution >= 0.6 is 23.2 Å². The Hall–Kier alpha value is -2.33. The number of nitrogens with zero attached hydrogens (tertiary/aromatic N) is 2. The molecule has 0 spiro atoms. The van der Waals surface area contributed by atoms with Crippen molar-refractivity contribution >= 4 is 29.1 Å². The van der Waals surface area contributed by atoms with Crippen LogP contribution in [0.5, 0.6) is 0 Å². The summed E-state index contributed by atoms with van der Waals surface area (Å²) in [5.74, 6) is 0.106. The highest BCUT2D eigenvalue weighted by atomic mass is 35.5. The average Bonchev–Trinajstić information content (AvgIpc) is 2.78. The van der Waals surface area contributed by atoms with Crippen LogP contribution in [0.2, 0.25) is 10.0 Å². The number of halogens is 2. The first kappa shape index (κ1) is 20.9. The molecule has 0 aromatic heterocycles. The zero-order valence-corrected chi connectivity index (χ0v) is 18.2. The maximum absolute atomic E-state index is 12.8. The highest BCUT2D eigenvalue weighted by molar-refractivity contribution is 6.35. The van der Waals surface area contributed by atoms with E-state index in [4.69, 9.17) is 23.2 Å². The van der Waals surface area contributed by atoms with Gasteiger partial charge in [-0.25, -0.2) is 0 Å². The molecule has 0 N–H and O–H groups in total. The lowest BCUT2D eigenvalue weighted by Gasteiger charge is -2.40. The molecule has 0 radical (unpaired) electrons. The smallest absolute Gasteiger partial charge is 0.227 e. The lowest BCUT2D eigenvalue weighted by atomic mass is 9.96. The number of hydrogen-bond acceptors (Lipinski definition) is 2. The van der Waals surface area contributed by atoms with E-state index in [1.54, 1.807) is 12.1 Å². The predicted molar refractivity (Wildman–Crippen MR) is 123 cm³/mol. The number of carbonyl (C=O) groups excluding carboxylic acids is 1. The zero-order valence-electron chi connectivity index (χ0n) is 16.7. The Labute approximate surface area is 187 Å². The molecule has 3 aromatic rings. The van der Waals surface area contributed by atoms with Crippen LogP contribution in [0, 0.1) is 0 Å². The fraction of sp³-hybridized carbons (Fsp3) is 0.240. The van der Waals surface area contributed by atoms with Crippen LogP contribution in [0.15, 0.2) is 78.9 Å². The molecule has 154 valence electrons. The molecule has 0 saturated carbocycles. The number of rotatable bonds is 5. The lowest BCUT2D eigenvalue weighted by Crippen LogP contribution is -2.50. The topological polar surface area (TPSA) is 23.6 Å². The zero-order chi connectivity index (χ0) is 20.9. The van der Waals surface area contributed by atoms with Gasteiger partial charge in [0.1, 0.15) is 0 Å². The van der Waals surface area contributed by atoms with E-state index in [0.29, 0.717) is 29.6 Å². The van der Waals surface area contributed by atoms with Crippen LogP contribution in [-0.2, 0) is 11.2 Å². The van der Waals surface area contributed by atoms with Gasteiger partial charge in [0.25, 0.3) is 0 Å². The van der Waals surface area contributed by atoms with Crippen molar-refractivity contribution in [2.75, 3.05) is 26.2 Å². The predicted octanol–water partition coefficient (Wildman–Crippen LogP) is 5.47. The van der Waals surface area contributed by atoms with E-state index < -0.39 is 0 Å². The Morgan fingerprint density at radius 2 is 1.37 bits per heavy atom. The fourth-order valence-electron chi connectivity index (χ4n) is 4.05. The van der Waals surface area contributed by atoms with E-state index >= 15 is 0 Å². The molecule has 1 aliphatic rings. The van der Waals surface area contributed by atoms with Gasteiger partial charge in [0.05, 0.1) is 12.5 Å². The first-order valence-electron chi connectivity index (χ1n) is 10.2. The van der Waals surface area contributed by atoms with Crippen LogP contribution in [0.4, 0.5) is 0 Å². The maximum atomic E-state index is 12.8. The van der Waals surface area contributed by atoms with Crippen molar-refractivity contribution in [3.63, 3.8) is 0 Å². The third-order valence-corrected chi connectivity index (χ3v) is 6.21. The van der Waals surface area contributed by atoms with Crippen LogP contribution in [0.1, 0.15) is 22.7 Å². The molecule has 0 bridgehead atoms. The molecular weight excluding hydrogens is 415 g/mol. The summed E-state index contributed by atoms with van der Waals surface area (Å²) in [6, 6.07) is 26.6. The maximum Gasteiger partial charge on any atom is 0.227 e. The number of piperazine rings is 1. The summed E-state index contributed by atoms with van der Waals surface area (Å²) in [4.78, 5) is 17.2. The highest BCUT2D eigenvalue weighted by Crippen LogP contribution is 2.29. The van der Waals surface area contributed by atoms with E-state index in [9.17, 15) is 4.79 Å². The molecule has 1 amide bonds. The summed E-state index contributed by atoms with van der Waals surface area (Å²) in [5, 5.41) is 1.13. The van der Waals surface area contributed by atoms with Crippen LogP contribution in [0.3, 0.4) is 0 Å². The van der Waals surface area contributed by atoms with Gasteiger partial charge in [-0.15, -0.1) is 0 Å². The molecule has 0 aliphatic carbocycles. The number of carbonyl (C=O) groups is 1. The molecule has 4 rings (SSSR count). The second-order valence-electron chi connectivity index (χ2n) is 7.55. The Balaban J connectivity index is 1.45. The van der Waals surface area contributed by atoms with E-state index in [1.165, 1.54) is 11.1 Å². The molecule has 3 aromatic carbocycles. The van der Waals surface area contributed by atoms with Gasteiger partial charge in [0.15, 0.2) is 0 Å². The van der Waals surface area contributed by atoms with E-state index in [2.05, 4.69) is 53.4 Å². The van der Waals surface area contributed by atoms with Crippen molar-refractivity contribution < 1.29 is 4.79 Å². The van der Waals surface area contributed by atoms with Crippen molar-refractivity contribution in [2.45, 2.75) is 12.5 Å². The van der Waals surface area contributed by atoms with Gasteiger partial charge in [0, 0.05) is 36.2 Å². The normalized spacial score (nSPS) is 14.8. The minimum absolute atomic E-state index is 0.106. The van der Waals surface area contributed by atoms with Crippen molar-refractivity contribution in [3.8, 4) is 0 Å². The Kier molecular flexibility index (Phi) is 6.73. The Morgan fingerprint density at radius 3 is 1.90 bits per heavy atom. The second-order valence-corrected chi connectivity index (χ2v) is 8.40. The van der Waals surface area contributed by atoms with Crippen LogP contribution in [0.25, 0.3) is 0 Å². The van der Waals surface area contributed by atoms with Gasteiger partial charge >= 0.3 is 0 Å². The minimum atomic E-state index is 0.106. The largest absolute Gasteiger partial charge is 0.340 e. The Bertz CT molecular complexity index is 947. The van der Waals surface area contributed by atoms with E-state index in [1.807, 2.05) is 23.1 Å². The van der Waals surface area contributed by atoms with Gasteiger partial charge in [-0.3, -0.25) is 9.69 Å². The van der Waals surface area contributed by atoms with Gasteiger partial charge in [-0.05, 0) is 28.8 Å². The monoisotopic (exact) mass is 438 g/mol. The summed E-state index contributed by atoms with van der Waals surface area (Å²) < 4.78 is 0. The molecule has 5 heteroatoms. The number of amides is 1. The summed E-state index contributed by atoms with van der Waals surface area (Å²) >= 11 is 12.2. The third-order valence-electron chi connectivity index (χ3n) is 5.62.